The zero-order valence-corrected chi connectivity index (χ0v) is 17.3. The summed E-state index contributed by atoms with van der Waals surface area (Å²) in [7, 11) is -1.36. The monoisotopic (exact) mass is 377 g/mol. The van der Waals surface area contributed by atoms with Crippen molar-refractivity contribution in [2.75, 3.05) is 13.6 Å². The van der Waals surface area contributed by atoms with Crippen LogP contribution in [-0.4, -0.2) is 41.7 Å². The Kier molecular flexibility index (Phi) is 7.01. The third-order valence-electron chi connectivity index (χ3n) is 4.35. The lowest BCUT2D eigenvalue weighted by Gasteiger charge is -2.20. The highest BCUT2D eigenvalue weighted by molar-refractivity contribution is 7.91. The van der Waals surface area contributed by atoms with Crippen LogP contribution in [0.2, 0.25) is 0 Å². The zero-order valence-electron chi connectivity index (χ0n) is 16.5. The van der Waals surface area contributed by atoms with Gasteiger partial charge in [0.15, 0.2) is 0 Å². The van der Waals surface area contributed by atoms with Crippen molar-refractivity contribution < 1.29 is 8.42 Å². The summed E-state index contributed by atoms with van der Waals surface area (Å²) in [6.07, 6.45) is 2.50. The van der Waals surface area contributed by atoms with Crippen LogP contribution in [0.5, 0.6) is 0 Å². The van der Waals surface area contributed by atoms with Gasteiger partial charge in [-0.1, -0.05) is 44.2 Å². The SMILES string of the molecule is CC(C)CN(C)Cc1cnc(S(=O)(=O)C(C)C)n1CCc1ccccc1. The summed E-state index contributed by atoms with van der Waals surface area (Å²) in [6.45, 7) is 10.0. The lowest BCUT2D eigenvalue weighted by molar-refractivity contribution is 0.280. The third kappa shape index (κ3) is 5.17. The van der Waals surface area contributed by atoms with Gasteiger partial charge in [0, 0.05) is 19.6 Å². The maximum absolute atomic E-state index is 12.7. The van der Waals surface area contributed by atoms with Crippen LogP contribution in [0.15, 0.2) is 41.7 Å². The van der Waals surface area contributed by atoms with Gasteiger partial charge < -0.3 is 9.47 Å². The minimum atomic E-state index is -3.42. The molecule has 1 aromatic carbocycles. The third-order valence-corrected chi connectivity index (χ3v) is 6.43. The number of sulfone groups is 1. The fourth-order valence-corrected chi connectivity index (χ4v) is 4.18. The van der Waals surface area contributed by atoms with Gasteiger partial charge in [0.2, 0.25) is 15.0 Å². The Morgan fingerprint density at radius 3 is 2.35 bits per heavy atom. The predicted molar refractivity (Wildman–Crippen MR) is 106 cm³/mol. The van der Waals surface area contributed by atoms with Gasteiger partial charge in [0.1, 0.15) is 0 Å². The van der Waals surface area contributed by atoms with E-state index in [-0.39, 0.29) is 5.16 Å². The Bertz CT molecular complexity index is 796. The fourth-order valence-electron chi connectivity index (χ4n) is 3.05. The largest absolute Gasteiger partial charge is 0.317 e. The molecule has 0 amide bonds. The highest BCUT2D eigenvalue weighted by Crippen LogP contribution is 2.19. The van der Waals surface area contributed by atoms with Gasteiger partial charge in [0.05, 0.1) is 17.1 Å². The average molecular weight is 378 g/mol. The molecule has 0 unspecified atom stereocenters. The summed E-state index contributed by atoms with van der Waals surface area (Å²) in [5.41, 5.74) is 2.14. The van der Waals surface area contributed by atoms with Crippen molar-refractivity contribution >= 4 is 9.84 Å². The molecule has 2 rings (SSSR count). The lowest BCUT2D eigenvalue weighted by atomic mass is 10.1. The molecule has 0 aliphatic rings. The van der Waals surface area contributed by atoms with Crippen molar-refractivity contribution in [1.29, 1.82) is 0 Å². The van der Waals surface area contributed by atoms with Gasteiger partial charge in [-0.05, 0) is 38.8 Å². The van der Waals surface area contributed by atoms with Crippen LogP contribution in [0.3, 0.4) is 0 Å². The molecule has 0 saturated carbocycles. The number of hydrogen-bond donors (Lipinski definition) is 0. The zero-order chi connectivity index (χ0) is 19.3. The molecule has 0 aliphatic heterocycles. The molecule has 1 heterocycles. The van der Waals surface area contributed by atoms with Gasteiger partial charge >= 0.3 is 0 Å². The first-order chi connectivity index (χ1) is 12.2. The van der Waals surface area contributed by atoms with Crippen LogP contribution in [0.25, 0.3) is 0 Å². The van der Waals surface area contributed by atoms with Gasteiger partial charge in [0.25, 0.3) is 0 Å². The van der Waals surface area contributed by atoms with Gasteiger partial charge in [-0.2, -0.15) is 0 Å². The summed E-state index contributed by atoms with van der Waals surface area (Å²) < 4.78 is 27.4. The smallest absolute Gasteiger partial charge is 0.228 e. The number of nitrogens with zero attached hydrogens (tertiary/aromatic N) is 3. The molecule has 0 saturated heterocycles. The van der Waals surface area contributed by atoms with Crippen LogP contribution in [-0.2, 0) is 29.3 Å². The van der Waals surface area contributed by atoms with E-state index in [0.29, 0.717) is 19.0 Å². The Morgan fingerprint density at radius 2 is 1.77 bits per heavy atom. The van der Waals surface area contributed by atoms with Gasteiger partial charge in [-0.25, -0.2) is 13.4 Å². The van der Waals surface area contributed by atoms with E-state index in [2.05, 4.69) is 42.9 Å². The first-order valence-corrected chi connectivity index (χ1v) is 10.8. The molecule has 6 heteroatoms. The topological polar surface area (TPSA) is 55.2 Å². The van der Waals surface area contributed by atoms with Crippen LogP contribution < -0.4 is 0 Å². The van der Waals surface area contributed by atoms with Crippen LogP contribution >= 0.6 is 0 Å². The molecular formula is C20H31N3O2S. The molecule has 0 atom stereocenters. The Labute approximate surface area is 158 Å². The van der Waals surface area contributed by atoms with E-state index in [1.54, 1.807) is 20.0 Å². The maximum Gasteiger partial charge on any atom is 0.228 e. The van der Waals surface area contributed by atoms with Crippen LogP contribution in [0.1, 0.15) is 39.0 Å². The molecule has 2 aromatic rings. The van der Waals surface area contributed by atoms with E-state index in [4.69, 9.17) is 0 Å². The standard InChI is InChI=1S/C20H31N3O2S/c1-16(2)14-22(5)15-19-13-21-20(26(24,25)17(3)4)23(19)12-11-18-9-7-6-8-10-18/h6-10,13,16-17H,11-12,14-15H2,1-5H3. The first kappa shape index (κ1) is 20.6. The van der Waals surface area contributed by atoms with Crippen LogP contribution in [0, 0.1) is 5.92 Å². The van der Waals surface area contributed by atoms with E-state index < -0.39 is 15.1 Å². The number of aryl methyl sites for hydroxylation is 1. The molecule has 26 heavy (non-hydrogen) atoms. The minimum Gasteiger partial charge on any atom is -0.317 e. The molecule has 0 N–H and O–H groups in total. The van der Waals surface area contributed by atoms with Crippen molar-refractivity contribution in [3.63, 3.8) is 0 Å². The van der Waals surface area contributed by atoms with E-state index in [9.17, 15) is 8.42 Å². The highest BCUT2D eigenvalue weighted by atomic mass is 32.2. The van der Waals surface area contributed by atoms with E-state index >= 15 is 0 Å². The molecule has 0 aliphatic carbocycles. The molecule has 0 fully saturated rings. The second kappa shape index (κ2) is 8.82. The molecule has 0 spiro atoms. The molecule has 5 nitrogen and oxygen atoms in total. The minimum absolute atomic E-state index is 0.191. The number of hydrogen-bond acceptors (Lipinski definition) is 4. The van der Waals surface area contributed by atoms with Crippen molar-refractivity contribution in [2.45, 2.75) is 57.6 Å². The normalized spacial score (nSPS) is 12.5. The van der Waals surface area contributed by atoms with Crippen molar-refractivity contribution in [3.8, 4) is 0 Å². The number of imidazole rings is 1. The van der Waals surface area contributed by atoms with E-state index in [1.165, 1.54) is 5.56 Å². The summed E-state index contributed by atoms with van der Waals surface area (Å²) in [5.74, 6) is 0.555. The molecule has 0 radical (unpaired) electrons. The summed E-state index contributed by atoms with van der Waals surface area (Å²) in [5, 5.41) is -0.294. The Morgan fingerprint density at radius 1 is 1.12 bits per heavy atom. The van der Waals surface area contributed by atoms with Crippen molar-refractivity contribution in [3.05, 3.63) is 47.8 Å². The Balaban J connectivity index is 2.31. The summed E-state index contributed by atoms with van der Waals surface area (Å²) in [6, 6.07) is 10.1. The Hall–Kier alpha value is -1.66. The van der Waals surface area contributed by atoms with Crippen molar-refractivity contribution in [2.24, 2.45) is 5.92 Å². The first-order valence-electron chi connectivity index (χ1n) is 9.22. The quantitative estimate of drug-likeness (QED) is 0.672. The van der Waals surface area contributed by atoms with Crippen molar-refractivity contribution in [1.82, 2.24) is 14.5 Å². The van der Waals surface area contributed by atoms with Gasteiger partial charge in [-0.3, -0.25) is 0 Å². The van der Waals surface area contributed by atoms with E-state index in [1.807, 2.05) is 22.8 Å². The highest BCUT2D eigenvalue weighted by Gasteiger charge is 2.26. The molecule has 144 valence electrons. The van der Waals surface area contributed by atoms with E-state index in [0.717, 1.165) is 18.7 Å². The second-order valence-corrected chi connectivity index (χ2v) is 10.0. The summed E-state index contributed by atoms with van der Waals surface area (Å²) >= 11 is 0. The summed E-state index contributed by atoms with van der Waals surface area (Å²) in [4.78, 5) is 6.52. The maximum atomic E-state index is 12.7. The average Bonchev–Trinajstić information content (AvgIpc) is 2.96. The number of aromatic nitrogens is 2. The number of benzene rings is 1. The molecule has 1 aromatic heterocycles. The van der Waals surface area contributed by atoms with Crippen LogP contribution in [0.4, 0.5) is 0 Å². The second-order valence-electron chi connectivity index (χ2n) is 7.60. The predicted octanol–water partition coefficient (Wildman–Crippen LogP) is 3.40. The number of rotatable bonds is 9. The molecule has 0 bridgehead atoms. The fraction of sp³-hybridized carbons (Fsp3) is 0.550. The van der Waals surface area contributed by atoms with Gasteiger partial charge in [-0.15, -0.1) is 0 Å². The molecular weight excluding hydrogens is 346 g/mol. The lowest BCUT2D eigenvalue weighted by Crippen LogP contribution is -2.26.